The zero-order valence-electron chi connectivity index (χ0n) is 12.1. The van der Waals surface area contributed by atoms with E-state index in [9.17, 15) is 0 Å². The van der Waals surface area contributed by atoms with Gasteiger partial charge in [-0.2, -0.15) is 4.99 Å². The summed E-state index contributed by atoms with van der Waals surface area (Å²) in [5, 5.41) is 0.678. The van der Waals surface area contributed by atoms with Crippen LogP contribution in [-0.2, 0) is 0 Å². The van der Waals surface area contributed by atoms with Crippen LogP contribution in [-0.4, -0.2) is 17.6 Å². The average molecular weight is 306 g/mol. The van der Waals surface area contributed by atoms with Gasteiger partial charge in [-0.05, 0) is 50.3 Å². The summed E-state index contributed by atoms with van der Waals surface area (Å²) in [5.74, 6) is 0.667. The Labute approximate surface area is 129 Å². The molecular formula is C15H20ClN5. The molecule has 1 aromatic carbocycles. The van der Waals surface area contributed by atoms with Crippen LogP contribution in [0.1, 0.15) is 37.7 Å². The highest BCUT2D eigenvalue weighted by atomic mass is 35.5. The summed E-state index contributed by atoms with van der Waals surface area (Å²) in [7, 11) is 0. The van der Waals surface area contributed by atoms with Crippen molar-refractivity contribution in [1.82, 2.24) is 0 Å². The molecule has 1 fully saturated rings. The molecule has 0 aromatic heterocycles. The van der Waals surface area contributed by atoms with Gasteiger partial charge in [0, 0.05) is 5.02 Å². The Bertz CT molecular complexity index is 616. The molecule has 6 heteroatoms. The standard InChI is InChI=1S/C15H20ClN5/c1-10-5-6-11(16)9-12(10)21-14(18)19-13(17)20-15(21)7-3-2-4-8-15/h5-6,9H,2-4,7-8H2,1H3,(H4,17,18,19,20). The molecule has 21 heavy (non-hydrogen) atoms. The number of nitrogens with zero attached hydrogens (tertiary/aromatic N) is 3. The second-order valence-corrected chi connectivity index (χ2v) is 6.19. The summed E-state index contributed by atoms with van der Waals surface area (Å²) in [6.45, 7) is 2.04. The minimum Gasteiger partial charge on any atom is -0.369 e. The van der Waals surface area contributed by atoms with E-state index in [0.29, 0.717) is 11.0 Å². The number of hydrogen-bond donors (Lipinski definition) is 2. The molecule has 1 spiro atoms. The van der Waals surface area contributed by atoms with Crippen molar-refractivity contribution in [3.8, 4) is 0 Å². The van der Waals surface area contributed by atoms with Crippen molar-refractivity contribution in [2.45, 2.75) is 44.7 Å². The minimum absolute atomic E-state index is 0.269. The molecule has 0 atom stereocenters. The molecule has 0 amide bonds. The molecule has 1 saturated carbocycles. The molecule has 1 aromatic rings. The summed E-state index contributed by atoms with van der Waals surface area (Å²) in [6.07, 6.45) is 5.29. The molecule has 4 N–H and O–H groups in total. The molecule has 0 bridgehead atoms. The van der Waals surface area contributed by atoms with Gasteiger partial charge in [-0.15, -0.1) is 0 Å². The van der Waals surface area contributed by atoms with Gasteiger partial charge in [0.15, 0.2) is 0 Å². The number of aliphatic imine (C=N–C) groups is 2. The van der Waals surface area contributed by atoms with E-state index in [0.717, 1.165) is 36.9 Å². The lowest BCUT2D eigenvalue weighted by Gasteiger charge is -2.46. The molecule has 0 unspecified atom stereocenters. The van der Waals surface area contributed by atoms with Crippen LogP contribution in [0.25, 0.3) is 0 Å². The molecule has 112 valence electrons. The van der Waals surface area contributed by atoms with Gasteiger partial charge in [0.05, 0.1) is 5.69 Å². The van der Waals surface area contributed by atoms with Gasteiger partial charge >= 0.3 is 0 Å². The van der Waals surface area contributed by atoms with Gasteiger partial charge in [0.2, 0.25) is 11.9 Å². The van der Waals surface area contributed by atoms with Gasteiger partial charge in [-0.25, -0.2) is 4.99 Å². The molecule has 3 rings (SSSR count). The number of halogens is 1. The van der Waals surface area contributed by atoms with Gasteiger partial charge in [-0.3, -0.25) is 4.90 Å². The van der Waals surface area contributed by atoms with E-state index >= 15 is 0 Å². The Balaban J connectivity index is 2.13. The van der Waals surface area contributed by atoms with Crippen LogP contribution in [0, 0.1) is 6.92 Å². The number of aryl methyl sites for hydroxylation is 1. The van der Waals surface area contributed by atoms with E-state index in [4.69, 9.17) is 23.1 Å². The van der Waals surface area contributed by atoms with Crippen molar-refractivity contribution in [3.05, 3.63) is 28.8 Å². The third-order valence-corrected chi connectivity index (χ3v) is 4.50. The van der Waals surface area contributed by atoms with Crippen LogP contribution in [0.2, 0.25) is 5.02 Å². The number of rotatable bonds is 1. The third kappa shape index (κ3) is 2.46. The topological polar surface area (TPSA) is 80.0 Å². The molecule has 5 nitrogen and oxygen atoms in total. The lowest BCUT2D eigenvalue weighted by atomic mass is 9.87. The maximum atomic E-state index is 6.20. The Morgan fingerprint density at radius 3 is 2.62 bits per heavy atom. The summed E-state index contributed by atoms with van der Waals surface area (Å²) in [6, 6.07) is 5.79. The zero-order valence-corrected chi connectivity index (χ0v) is 12.9. The molecule has 2 aliphatic rings. The van der Waals surface area contributed by atoms with Crippen molar-refractivity contribution in [2.75, 3.05) is 4.90 Å². The van der Waals surface area contributed by atoms with Crippen LogP contribution in [0.3, 0.4) is 0 Å². The van der Waals surface area contributed by atoms with Crippen LogP contribution in [0.15, 0.2) is 28.2 Å². The van der Waals surface area contributed by atoms with Crippen LogP contribution < -0.4 is 16.4 Å². The predicted octanol–water partition coefficient (Wildman–Crippen LogP) is 2.76. The summed E-state index contributed by atoms with van der Waals surface area (Å²) in [4.78, 5) is 10.8. The molecule has 1 aliphatic carbocycles. The highest BCUT2D eigenvalue weighted by Gasteiger charge is 2.43. The van der Waals surface area contributed by atoms with Crippen molar-refractivity contribution in [1.29, 1.82) is 0 Å². The second-order valence-electron chi connectivity index (χ2n) is 5.75. The smallest absolute Gasteiger partial charge is 0.220 e. The van der Waals surface area contributed by atoms with Crippen molar-refractivity contribution < 1.29 is 0 Å². The second kappa shape index (κ2) is 5.22. The van der Waals surface area contributed by atoms with Gasteiger partial charge in [0.25, 0.3) is 0 Å². The number of guanidine groups is 2. The number of anilines is 1. The van der Waals surface area contributed by atoms with Crippen molar-refractivity contribution in [3.63, 3.8) is 0 Å². The van der Waals surface area contributed by atoms with E-state index in [1.54, 1.807) is 0 Å². The molecule has 0 saturated heterocycles. The van der Waals surface area contributed by atoms with Crippen LogP contribution in [0.5, 0.6) is 0 Å². The van der Waals surface area contributed by atoms with Crippen LogP contribution >= 0.6 is 11.6 Å². The summed E-state index contributed by atoms with van der Waals surface area (Å²) < 4.78 is 0. The fourth-order valence-electron chi connectivity index (χ4n) is 3.29. The summed E-state index contributed by atoms with van der Waals surface area (Å²) in [5.41, 5.74) is 13.7. The zero-order chi connectivity index (χ0) is 15.0. The molecular weight excluding hydrogens is 286 g/mol. The quantitative estimate of drug-likeness (QED) is 0.837. The highest BCUT2D eigenvalue weighted by molar-refractivity contribution is 6.31. The fourth-order valence-corrected chi connectivity index (χ4v) is 3.46. The number of benzene rings is 1. The van der Waals surface area contributed by atoms with Crippen LogP contribution in [0.4, 0.5) is 5.69 Å². The SMILES string of the molecule is Cc1ccc(Cl)cc1N1C(N)=NC(N)=NC12CCCCC2. The fraction of sp³-hybridized carbons (Fsp3) is 0.467. The van der Waals surface area contributed by atoms with E-state index in [-0.39, 0.29) is 5.96 Å². The first-order valence-electron chi connectivity index (χ1n) is 7.28. The molecule has 1 heterocycles. The first kappa shape index (κ1) is 14.2. The third-order valence-electron chi connectivity index (χ3n) is 4.26. The predicted molar refractivity (Wildman–Crippen MR) is 87.7 cm³/mol. The maximum Gasteiger partial charge on any atom is 0.220 e. The van der Waals surface area contributed by atoms with E-state index < -0.39 is 5.66 Å². The molecule has 0 radical (unpaired) electrons. The average Bonchev–Trinajstić information content (AvgIpc) is 2.42. The van der Waals surface area contributed by atoms with E-state index in [1.807, 2.05) is 30.0 Å². The Hall–Kier alpha value is -1.75. The molecule has 1 aliphatic heterocycles. The van der Waals surface area contributed by atoms with Gasteiger partial charge in [-0.1, -0.05) is 24.1 Å². The normalized spacial score (nSPS) is 21.1. The number of nitrogens with two attached hydrogens (primary N) is 2. The Kier molecular flexibility index (Phi) is 3.53. The minimum atomic E-state index is -0.413. The van der Waals surface area contributed by atoms with Crippen molar-refractivity contribution >= 4 is 29.2 Å². The monoisotopic (exact) mass is 305 g/mol. The Morgan fingerprint density at radius 1 is 1.19 bits per heavy atom. The first-order valence-corrected chi connectivity index (χ1v) is 7.65. The van der Waals surface area contributed by atoms with Gasteiger partial charge in [0.1, 0.15) is 5.66 Å². The maximum absolute atomic E-state index is 6.20. The lowest BCUT2D eigenvalue weighted by molar-refractivity contribution is 0.305. The number of hydrogen-bond acceptors (Lipinski definition) is 5. The van der Waals surface area contributed by atoms with Crippen molar-refractivity contribution in [2.24, 2.45) is 21.5 Å². The lowest BCUT2D eigenvalue weighted by Crippen LogP contribution is -2.58. The first-order chi connectivity index (χ1) is 10.0. The van der Waals surface area contributed by atoms with Gasteiger partial charge < -0.3 is 11.5 Å². The van der Waals surface area contributed by atoms with E-state index in [2.05, 4.69) is 9.98 Å². The summed E-state index contributed by atoms with van der Waals surface area (Å²) >= 11 is 6.17. The Morgan fingerprint density at radius 2 is 1.90 bits per heavy atom. The highest BCUT2D eigenvalue weighted by Crippen LogP contribution is 2.41. The van der Waals surface area contributed by atoms with E-state index in [1.165, 1.54) is 6.42 Å². The largest absolute Gasteiger partial charge is 0.369 e.